The van der Waals surface area contributed by atoms with E-state index in [0.29, 0.717) is 22.6 Å². The highest BCUT2D eigenvalue weighted by molar-refractivity contribution is 6.13. The molecule has 0 atom stereocenters. The second kappa shape index (κ2) is 6.39. The molecule has 4 heteroatoms. The van der Waals surface area contributed by atoms with Crippen molar-refractivity contribution < 1.29 is 18.7 Å². The van der Waals surface area contributed by atoms with Crippen molar-refractivity contribution in [2.45, 2.75) is 33.3 Å². The van der Waals surface area contributed by atoms with Gasteiger partial charge in [-0.05, 0) is 51.1 Å². The highest BCUT2D eigenvalue weighted by atomic mass is 16.5. The van der Waals surface area contributed by atoms with Crippen molar-refractivity contribution in [3.8, 4) is 5.75 Å². The van der Waals surface area contributed by atoms with Gasteiger partial charge in [-0.1, -0.05) is 0 Å². The normalized spacial score (nSPS) is 10.7. The summed E-state index contributed by atoms with van der Waals surface area (Å²) in [5, 5.41) is 0. The molecule has 0 unspecified atom stereocenters. The van der Waals surface area contributed by atoms with Crippen molar-refractivity contribution in [1.82, 2.24) is 0 Å². The summed E-state index contributed by atoms with van der Waals surface area (Å²) >= 11 is 0. The monoisotopic (exact) mass is 286 g/mol. The van der Waals surface area contributed by atoms with E-state index in [0.717, 1.165) is 0 Å². The Morgan fingerprint density at radius 3 is 2.29 bits per heavy atom. The maximum atomic E-state index is 12.1. The van der Waals surface area contributed by atoms with Crippen LogP contribution in [-0.4, -0.2) is 17.7 Å². The lowest BCUT2D eigenvalue weighted by molar-refractivity contribution is 0.0893. The molecule has 1 aromatic carbocycles. The Hall–Kier alpha value is -2.36. The number of hydrogen-bond donors (Lipinski definition) is 0. The van der Waals surface area contributed by atoms with E-state index < -0.39 is 0 Å². The van der Waals surface area contributed by atoms with Gasteiger partial charge < -0.3 is 9.15 Å². The van der Waals surface area contributed by atoms with Crippen LogP contribution in [0.5, 0.6) is 5.75 Å². The van der Waals surface area contributed by atoms with Gasteiger partial charge >= 0.3 is 0 Å². The lowest BCUT2D eigenvalue weighted by Crippen LogP contribution is -2.09. The predicted molar refractivity (Wildman–Crippen MR) is 78.9 cm³/mol. The van der Waals surface area contributed by atoms with Crippen molar-refractivity contribution in [3.05, 3.63) is 53.5 Å². The van der Waals surface area contributed by atoms with Gasteiger partial charge in [0.2, 0.25) is 0 Å². The smallest absolute Gasteiger partial charge is 0.174 e. The summed E-state index contributed by atoms with van der Waals surface area (Å²) < 4.78 is 10.6. The maximum Gasteiger partial charge on any atom is 0.174 e. The van der Waals surface area contributed by atoms with E-state index in [1.165, 1.54) is 6.26 Å². The zero-order chi connectivity index (χ0) is 15.4. The van der Waals surface area contributed by atoms with Gasteiger partial charge in [-0.2, -0.15) is 0 Å². The first-order valence-electron chi connectivity index (χ1n) is 6.84. The van der Waals surface area contributed by atoms with Crippen LogP contribution in [0.2, 0.25) is 0 Å². The first-order chi connectivity index (χ1) is 9.97. The minimum Gasteiger partial charge on any atom is -0.491 e. The molecule has 110 valence electrons. The largest absolute Gasteiger partial charge is 0.491 e. The summed E-state index contributed by atoms with van der Waals surface area (Å²) in [6.07, 6.45) is 1.37. The second-order valence-corrected chi connectivity index (χ2v) is 5.10. The topological polar surface area (TPSA) is 56.5 Å². The van der Waals surface area contributed by atoms with Crippen LogP contribution in [0.4, 0.5) is 0 Å². The number of furan rings is 1. The Bertz CT molecular complexity index is 635. The number of carbonyl (C=O) groups is 2. The Labute approximate surface area is 123 Å². The molecule has 21 heavy (non-hydrogen) atoms. The number of Topliss-reactive ketones (excluding diaryl/α,β-unsaturated/α-hetero) is 2. The predicted octanol–water partition coefficient (Wildman–Crippen LogP) is 3.83. The molecule has 0 fully saturated rings. The average molecular weight is 286 g/mol. The number of rotatable bonds is 6. The van der Waals surface area contributed by atoms with Crippen LogP contribution in [0.25, 0.3) is 0 Å². The average Bonchev–Trinajstić information content (AvgIpc) is 2.85. The number of ketones is 2. The van der Waals surface area contributed by atoms with Crippen LogP contribution in [0.1, 0.15) is 46.7 Å². The van der Waals surface area contributed by atoms with Crippen LogP contribution in [0, 0.1) is 6.92 Å². The van der Waals surface area contributed by atoms with Crippen molar-refractivity contribution in [3.63, 3.8) is 0 Å². The molecule has 4 nitrogen and oxygen atoms in total. The number of ether oxygens (including phenoxy) is 1. The quantitative estimate of drug-likeness (QED) is 0.598. The fourth-order valence-corrected chi connectivity index (χ4v) is 2.01. The summed E-state index contributed by atoms with van der Waals surface area (Å²) in [6.45, 7) is 5.58. The van der Waals surface area contributed by atoms with Crippen molar-refractivity contribution in [2.75, 3.05) is 0 Å². The Morgan fingerprint density at radius 2 is 1.76 bits per heavy atom. The van der Waals surface area contributed by atoms with Crippen LogP contribution >= 0.6 is 0 Å². The molecule has 0 spiro atoms. The fourth-order valence-electron chi connectivity index (χ4n) is 2.01. The molecule has 2 rings (SSSR count). The summed E-state index contributed by atoms with van der Waals surface area (Å²) in [7, 11) is 0. The SMILES string of the molecule is Cc1occc1C(=O)CC(=O)c1ccc(OC(C)C)cc1. The van der Waals surface area contributed by atoms with Crippen LogP contribution in [0.3, 0.4) is 0 Å². The van der Waals surface area contributed by atoms with Crippen molar-refractivity contribution in [2.24, 2.45) is 0 Å². The molecule has 0 aliphatic heterocycles. The van der Waals surface area contributed by atoms with Gasteiger partial charge in [-0.25, -0.2) is 0 Å². The lowest BCUT2D eigenvalue weighted by atomic mass is 10.0. The second-order valence-electron chi connectivity index (χ2n) is 5.10. The Kier molecular flexibility index (Phi) is 4.58. The molecule has 0 N–H and O–H groups in total. The van der Waals surface area contributed by atoms with Gasteiger partial charge in [-0.15, -0.1) is 0 Å². The van der Waals surface area contributed by atoms with E-state index in [9.17, 15) is 9.59 Å². The molecule has 1 aromatic heterocycles. The maximum absolute atomic E-state index is 12.1. The molecular formula is C17H18O4. The van der Waals surface area contributed by atoms with Gasteiger partial charge in [0.1, 0.15) is 11.5 Å². The van der Waals surface area contributed by atoms with E-state index in [1.54, 1.807) is 37.3 Å². The van der Waals surface area contributed by atoms with Crippen LogP contribution in [-0.2, 0) is 0 Å². The molecule has 2 aromatic rings. The minimum atomic E-state index is -0.228. The van der Waals surface area contributed by atoms with Gasteiger partial charge in [-0.3, -0.25) is 9.59 Å². The van der Waals surface area contributed by atoms with E-state index in [2.05, 4.69) is 0 Å². The summed E-state index contributed by atoms with van der Waals surface area (Å²) in [6, 6.07) is 8.41. The lowest BCUT2D eigenvalue weighted by Gasteiger charge is -2.09. The van der Waals surface area contributed by atoms with Gasteiger partial charge in [0.15, 0.2) is 11.6 Å². The Morgan fingerprint density at radius 1 is 1.10 bits per heavy atom. The molecule has 0 amide bonds. The summed E-state index contributed by atoms with van der Waals surface area (Å²) in [5.74, 6) is 0.803. The first kappa shape index (κ1) is 15.0. The third-order valence-corrected chi connectivity index (χ3v) is 3.03. The molecular weight excluding hydrogens is 268 g/mol. The molecule has 1 heterocycles. The summed E-state index contributed by atoms with van der Waals surface area (Å²) in [5.41, 5.74) is 0.962. The van der Waals surface area contributed by atoms with E-state index >= 15 is 0 Å². The Balaban J connectivity index is 2.03. The summed E-state index contributed by atoms with van der Waals surface area (Å²) in [4.78, 5) is 24.1. The third-order valence-electron chi connectivity index (χ3n) is 3.03. The molecule has 0 saturated carbocycles. The highest BCUT2D eigenvalue weighted by Gasteiger charge is 2.17. The van der Waals surface area contributed by atoms with Crippen LogP contribution in [0.15, 0.2) is 41.0 Å². The number of carbonyl (C=O) groups excluding carboxylic acids is 2. The van der Waals surface area contributed by atoms with E-state index in [4.69, 9.17) is 9.15 Å². The third kappa shape index (κ3) is 3.81. The van der Waals surface area contributed by atoms with Crippen LogP contribution < -0.4 is 4.74 Å². The zero-order valence-corrected chi connectivity index (χ0v) is 12.4. The van der Waals surface area contributed by atoms with Gasteiger partial charge in [0.25, 0.3) is 0 Å². The molecule has 0 aliphatic carbocycles. The van der Waals surface area contributed by atoms with Gasteiger partial charge in [0, 0.05) is 5.56 Å². The van der Waals surface area contributed by atoms with Crippen molar-refractivity contribution >= 4 is 11.6 Å². The molecule has 0 bridgehead atoms. The van der Waals surface area contributed by atoms with Crippen molar-refractivity contribution in [1.29, 1.82) is 0 Å². The standard InChI is InChI=1S/C17H18O4/c1-11(2)21-14-6-4-13(5-7-14)16(18)10-17(19)15-8-9-20-12(15)3/h4-9,11H,10H2,1-3H3. The first-order valence-corrected chi connectivity index (χ1v) is 6.84. The van der Waals surface area contributed by atoms with E-state index in [-0.39, 0.29) is 24.1 Å². The number of benzene rings is 1. The zero-order valence-electron chi connectivity index (χ0n) is 12.4. The van der Waals surface area contributed by atoms with Gasteiger partial charge in [0.05, 0.1) is 24.4 Å². The number of hydrogen-bond acceptors (Lipinski definition) is 4. The number of aryl methyl sites for hydroxylation is 1. The minimum absolute atomic E-state index is 0.0807. The van der Waals surface area contributed by atoms with E-state index in [1.807, 2.05) is 13.8 Å². The molecule has 0 radical (unpaired) electrons. The molecule has 0 aliphatic rings. The highest BCUT2D eigenvalue weighted by Crippen LogP contribution is 2.17. The molecule has 0 saturated heterocycles. The fraction of sp³-hybridized carbons (Fsp3) is 0.294.